The molecule has 0 spiro atoms. The van der Waals surface area contributed by atoms with Gasteiger partial charge in [-0.15, -0.1) is 0 Å². The molecular formula is C14H10BrNO2. The minimum absolute atomic E-state index is 0.382. The number of halogens is 1. The molecule has 1 N–H and O–H groups in total. The summed E-state index contributed by atoms with van der Waals surface area (Å²) in [6, 6.07) is 15.5. The van der Waals surface area contributed by atoms with Crippen molar-refractivity contribution in [2.75, 3.05) is 5.32 Å². The molecule has 2 aromatic carbocycles. The highest BCUT2D eigenvalue weighted by Gasteiger charge is 2.15. The fourth-order valence-electron chi connectivity index (χ4n) is 1.44. The predicted molar refractivity (Wildman–Crippen MR) is 73.5 cm³/mol. The van der Waals surface area contributed by atoms with Crippen LogP contribution >= 0.6 is 15.9 Å². The van der Waals surface area contributed by atoms with E-state index in [2.05, 4.69) is 21.2 Å². The average molecular weight is 304 g/mol. The minimum Gasteiger partial charge on any atom is -0.319 e. The maximum Gasteiger partial charge on any atom is 0.296 e. The molecule has 0 saturated heterocycles. The Bertz CT molecular complexity index is 564. The molecule has 0 unspecified atom stereocenters. The van der Waals surface area contributed by atoms with Crippen molar-refractivity contribution in [3.63, 3.8) is 0 Å². The number of benzene rings is 2. The van der Waals surface area contributed by atoms with Gasteiger partial charge in [-0.05, 0) is 24.3 Å². The van der Waals surface area contributed by atoms with Crippen LogP contribution in [0.4, 0.5) is 5.69 Å². The minimum atomic E-state index is -0.636. The maximum absolute atomic E-state index is 11.8. The monoisotopic (exact) mass is 303 g/mol. The Morgan fingerprint density at radius 1 is 0.889 bits per heavy atom. The van der Waals surface area contributed by atoms with Crippen molar-refractivity contribution in [3.05, 3.63) is 64.6 Å². The molecule has 0 fully saturated rings. The van der Waals surface area contributed by atoms with Gasteiger partial charge in [0.25, 0.3) is 11.7 Å². The normalized spacial score (nSPS) is 9.83. The summed E-state index contributed by atoms with van der Waals surface area (Å²) in [4.78, 5) is 23.5. The average Bonchev–Trinajstić information content (AvgIpc) is 2.41. The molecule has 90 valence electrons. The van der Waals surface area contributed by atoms with E-state index in [4.69, 9.17) is 0 Å². The first-order chi connectivity index (χ1) is 8.66. The van der Waals surface area contributed by atoms with Crippen LogP contribution in [0.25, 0.3) is 0 Å². The zero-order valence-electron chi connectivity index (χ0n) is 9.39. The summed E-state index contributed by atoms with van der Waals surface area (Å²) in [5.74, 6) is -1.18. The van der Waals surface area contributed by atoms with E-state index >= 15 is 0 Å². The summed E-state index contributed by atoms with van der Waals surface area (Å²) in [7, 11) is 0. The van der Waals surface area contributed by atoms with Crippen molar-refractivity contribution in [3.8, 4) is 0 Å². The van der Waals surface area contributed by atoms with Gasteiger partial charge in [-0.1, -0.05) is 46.3 Å². The molecule has 0 saturated carbocycles. The first-order valence-electron chi connectivity index (χ1n) is 5.33. The van der Waals surface area contributed by atoms with E-state index in [1.807, 2.05) is 0 Å². The van der Waals surface area contributed by atoms with Crippen molar-refractivity contribution >= 4 is 33.3 Å². The van der Waals surface area contributed by atoms with Crippen LogP contribution in [0, 0.1) is 0 Å². The van der Waals surface area contributed by atoms with Crippen LogP contribution in [0.15, 0.2) is 59.1 Å². The highest BCUT2D eigenvalue weighted by molar-refractivity contribution is 9.10. The second kappa shape index (κ2) is 5.60. The van der Waals surface area contributed by atoms with Gasteiger partial charge >= 0.3 is 0 Å². The maximum atomic E-state index is 11.8. The third-order valence-electron chi connectivity index (χ3n) is 2.34. The lowest BCUT2D eigenvalue weighted by atomic mass is 10.1. The van der Waals surface area contributed by atoms with E-state index in [9.17, 15) is 9.59 Å². The summed E-state index contributed by atoms with van der Waals surface area (Å²) in [6.45, 7) is 0. The first kappa shape index (κ1) is 12.5. The van der Waals surface area contributed by atoms with Gasteiger partial charge in [-0.2, -0.15) is 0 Å². The number of hydrogen-bond donors (Lipinski definition) is 1. The Balaban J connectivity index is 2.09. The highest BCUT2D eigenvalue weighted by Crippen LogP contribution is 2.14. The third kappa shape index (κ3) is 3.05. The summed E-state index contributed by atoms with van der Waals surface area (Å²) < 4.78 is 0.912. The molecule has 3 nitrogen and oxygen atoms in total. The van der Waals surface area contributed by atoms with E-state index in [-0.39, 0.29) is 0 Å². The number of nitrogens with one attached hydrogen (secondary N) is 1. The van der Waals surface area contributed by atoms with Crippen molar-refractivity contribution in [1.82, 2.24) is 0 Å². The van der Waals surface area contributed by atoms with Gasteiger partial charge in [0.2, 0.25) is 0 Å². The number of anilines is 1. The van der Waals surface area contributed by atoms with Crippen LogP contribution in [0.5, 0.6) is 0 Å². The fourth-order valence-corrected chi connectivity index (χ4v) is 1.71. The zero-order chi connectivity index (χ0) is 13.0. The lowest BCUT2D eigenvalue weighted by Gasteiger charge is -2.04. The summed E-state index contributed by atoms with van der Waals surface area (Å²) in [5, 5.41) is 2.56. The fraction of sp³-hybridized carbons (Fsp3) is 0. The Labute approximate surface area is 113 Å². The van der Waals surface area contributed by atoms with Crippen molar-refractivity contribution in [1.29, 1.82) is 0 Å². The number of Topliss-reactive ketones (excluding diaryl/α,β-unsaturated/α-hetero) is 1. The second-order valence-electron chi connectivity index (χ2n) is 3.66. The molecule has 2 aromatic rings. The SMILES string of the molecule is O=C(Nc1ccc(Br)cc1)C(=O)c1ccccc1. The Hall–Kier alpha value is -1.94. The van der Waals surface area contributed by atoms with Gasteiger partial charge in [0.1, 0.15) is 0 Å². The van der Waals surface area contributed by atoms with E-state index in [1.54, 1.807) is 54.6 Å². The Kier molecular flexibility index (Phi) is 3.89. The van der Waals surface area contributed by atoms with Gasteiger partial charge in [0.05, 0.1) is 0 Å². The molecular weight excluding hydrogens is 294 g/mol. The summed E-state index contributed by atoms with van der Waals surface area (Å²) >= 11 is 3.30. The molecule has 0 aromatic heterocycles. The molecule has 0 heterocycles. The van der Waals surface area contributed by atoms with E-state index in [0.29, 0.717) is 11.3 Å². The molecule has 1 amide bonds. The van der Waals surface area contributed by atoms with E-state index in [1.165, 1.54) is 0 Å². The molecule has 0 atom stereocenters. The van der Waals surface area contributed by atoms with Crippen LogP contribution < -0.4 is 5.32 Å². The van der Waals surface area contributed by atoms with Gasteiger partial charge in [0.15, 0.2) is 0 Å². The highest BCUT2D eigenvalue weighted by atomic mass is 79.9. The van der Waals surface area contributed by atoms with Crippen molar-refractivity contribution in [2.45, 2.75) is 0 Å². The molecule has 2 rings (SSSR count). The number of rotatable bonds is 3. The number of amides is 1. The lowest BCUT2D eigenvalue weighted by molar-refractivity contribution is -0.112. The third-order valence-corrected chi connectivity index (χ3v) is 2.87. The molecule has 18 heavy (non-hydrogen) atoms. The van der Waals surface area contributed by atoms with Crippen LogP contribution in [-0.2, 0) is 4.79 Å². The van der Waals surface area contributed by atoms with E-state index in [0.717, 1.165) is 4.47 Å². The van der Waals surface area contributed by atoms with Crippen molar-refractivity contribution in [2.24, 2.45) is 0 Å². The van der Waals surface area contributed by atoms with Gasteiger partial charge in [-0.25, -0.2) is 0 Å². The van der Waals surface area contributed by atoms with Crippen LogP contribution in [-0.4, -0.2) is 11.7 Å². The molecule has 0 bridgehead atoms. The largest absolute Gasteiger partial charge is 0.319 e. The topological polar surface area (TPSA) is 46.2 Å². The number of ketones is 1. The first-order valence-corrected chi connectivity index (χ1v) is 6.12. The standard InChI is InChI=1S/C14H10BrNO2/c15-11-6-8-12(9-7-11)16-14(18)13(17)10-4-2-1-3-5-10/h1-9H,(H,16,18). The molecule has 0 aliphatic rings. The van der Waals surface area contributed by atoms with Crippen molar-refractivity contribution < 1.29 is 9.59 Å². The van der Waals surface area contributed by atoms with Crippen LogP contribution in [0.2, 0.25) is 0 Å². The Morgan fingerprint density at radius 3 is 2.11 bits per heavy atom. The Morgan fingerprint density at radius 2 is 1.50 bits per heavy atom. The predicted octanol–water partition coefficient (Wildman–Crippen LogP) is 3.27. The number of carbonyl (C=O) groups excluding carboxylic acids is 2. The summed E-state index contributed by atoms with van der Waals surface area (Å²) in [6.07, 6.45) is 0. The van der Waals surface area contributed by atoms with Gasteiger partial charge in [0, 0.05) is 15.7 Å². The van der Waals surface area contributed by atoms with Gasteiger partial charge in [-0.3, -0.25) is 9.59 Å². The zero-order valence-corrected chi connectivity index (χ0v) is 11.0. The number of hydrogen-bond acceptors (Lipinski definition) is 2. The summed E-state index contributed by atoms with van der Waals surface area (Å²) in [5.41, 5.74) is 0.972. The van der Waals surface area contributed by atoms with Crippen LogP contribution in [0.1, 0.15) is 10.4 Å². The van der Waals surface area contributed by atoms with Crippen LogP contribution in [0.3, 0.4) is 0 Å². The van der Waals surface area contributed by atoms with Gasteiger partial charge < -0.3 is 5.32 Å². The second-order valence-corrected chi connectivity index (χ2v) is 4.57. The molecule has 0 aliphatic heterocycles. The molecule has 0 aliphatic carbocycles. The smallest absolute Gasteiger partial charge is 0.296 e. The molecule has 0 radical (unpaired) electrons. The number of carbonyl (C=O) groups is 2. The lowest BCUT2D eigenvalue weighted by Crippen LogP contribution is -2.22. The quantitative estimate of drug-likeness (QED) is 0.699. The van der Waals surface area contributed by atoms with E-state index < -0.39 is 11.7 Å². The molecule has 4 heteroatoms.